The molecule has 15 nitrogen and oxygen atoms in total. The Morgan fingerprint density at radius 3 is 2.34 bits per heavy atom. The van der Waals surface area contributed by atoms with Gasteiger partial charge in [-0.2, -0.15) is 0 Å². The topological polar surface area (TPSA) is 196 Å². The Kier molecular flexibility index (Phi) is 10.2. The molecule has 2 aliphatic heterocycles. The van der Waals surface area contributed by atoms with Crippen molar-refractivity contribution in [1.29, 1.82) is 0 Å². The van der Waals surface area contributed by atoms with E-state index in [-0.39, 0.29) is 57.1 Å². The number of rotatable bonds is 11. The number of nitrogens with one attached hydrogen (secondary N) is 1. The summed E-state index contributed by atoms with van der Waals surface area (Å²) in [4.78, 5) is 82.7. The minimum absolute atomic E-state index is 0.127. The van der Waals surface area contributed by atoms with Crippen molar-refractivity contribution in [3.63, 3.8) is 0 Å². The summed E-state index contributed by atoms with van der Waals surface area (Å²) < 4.78 is 10.8. The lowest BCUT2D eigenvalue weighted by molar-refractivity contribution is -0.158. The van der Waals surface area contributed by atoms with E-state index >= 15 is 0 Å². The zero-order chi connectivity index (χ0) is 32.0. The maximum absolute atomic E-state index is 13.4. The molecule has 44 heavy (non-hydrogen) atoms. The predicted octanol–water partition coefficient (Wildman–Crippen LogP) is 0.871. The maximum Gasteiger partial charge on any atom is 0.409 e. The van der Waals surface area contributed by atoms with Crippen molar-refractivity contribution in [3.8, 4) is 5.75 Å². The second kappa shape index (κ2) is 14.0. The van der Waals surface area contributed by atoms with Crippen LogP contribution in [0, 0.1) is 6.92 Å². The van der Waals surface area contributed by atoms with Gasteiger partial charge in [-0.3, -0.25) is 19.2 Å². The summed E-state index contributed by atoms with van der Waals surface area (Å²) in [6.45, 7) is 4.37. The van der Waals surface area contributed by atoms with Crippen LogP contribution >= 0.6 is 0 Å². The molecule has 0 spiro atoms. The first kappa shape index (κ1) is 32.0. The fraction of sp³-hybridized carbons (Fsp3) is 0.483. The number of likely N-dealkylation sites (tertiary alicyclic amines) is 1. The van der Waals surface area contributed by atoms with Gasteiger partial charge in [-0.05, 0) is 44.4 Å². The second-order valence-corrected chi connectivity index (χ2v) is 10.5. The summed E-state index contributed by atoms with van der Waals surface area (Å²) in [7, 11) is 0. The van der Waals surface area contributed by atoms with Gasteiger partial charge in [0.05, 0.1) is 12.1 Å². The number of aromatic nitrogens is 1. The molecular formula is C29H35N5O10. The molecule has 2 aromatic rings. The molecule has 3 heterocycles. The van der Waals surface area contributed by atoms with E-state index in [1.54, 1.807) is 25.1 Å². The van der Waals surface area contributed by atoms with Gasteiger partial charge in [-0.1, -0.05) is 6.07 Å². The first-order valence-corrected chi connectivity index (χ1v) is 14.3. The molecule has 4 amide bonds. The van der Waals surface area contributed by atoms with Crippen LogP contribution in [0.15, 0.2) is 24.3 Å². The van der Waals surface area contributed by atoms with E-state index in [0.717, 1.165) is 5.56 Å². The Morgan fingerprint density at radius 1 is 1.02 bits per heavy atom. The number of benzene rings is 1. The average molecular weight is 614 g/mol. The van der Waals surface area contributed by atoms with Gasteiger partial charge >= 0.3 is 18.0 Å². The molecule has 15 heteroatoms. The second-order valence-electron chi connectivity index (χ2n) is 10.5. The predicted molar refractivity (Wildman–Crippen MR) is 153 cm³/mol. The minimum atomic E-state index is -1.19. The number of carboxylic acids is 2. The van der Waals surface area contributed by atoms with Gasteiger partial charge in [0.2, 0.25) is 5.91 Å². The Hall–Kier alpha value is -4.95. The van der Waals surface area contributed by atoms with Crippen LogP contribution in [0.3, 0.4) is 0 Å². The van der Waals surface area contributed by atoms with Crippen molar-refractivity contribution in [2.45, 2.75) is 45.2 Å². The monoisotopic (exact) mass is 613 g/mol. The third-order valence-corrected chi connectivity index (χ3v) is 7.50. The molecule has 2 aliphatic rings. The number of carboxylic acid groups (broad SMARTS) is 2. The van der Waals surface area contributed by atoms with Gasteiger partial charge in [0.15, 0.2) is 6.61 Å². The highest BCUT2D eigenvalue weighted by atomic mass is 16.6. The average Bonchev–Trinajstić information content (AvgIpc) is 2.96. The molecule has 236 valence electrons. The van der Waals surface area contributed by atoms with Crippen LogP contribution in [0.1, 0.15) is 42.2 Å². The van der Waals surface area contributed by atoms with Gasteiger partial charge in [-0.25, -0.2) is 14.6 Å². The molecule has 4 rings (SSSR count). The first-order valence-electron chi connectivity index (χ1n) is 14.3. The molecule has 2 atom stereocenters. The lowest BCUT2D eigenvalue weighted by Gasteiger charge is -2.37. The smallest absolute Gasteiger partial charge is 0.409 e. The fourth-order valence-electron chi connectivity index (χ4n) is 5.01. The molecule has 0 saturated carbocycles. The molecular weight excluding hydrogens is 578 g/mol. The maximum atomic E-state index is 13.4. The van der Waals surface area contributed by atoms with Gasteiger partial charge < -0.3 is 39.7 Å². The highest BCUT2D eigenvalue weighted by Crippen LogP contribution is 2.27. The molecule has 3 N–H and O–H groups in total. The van der Waals surface area contributed by atoms with Crippen molar-refractivity contribution in [2.75, 3.05) is 45.9 Å². The van der Waals surface area contributed by atoms with Gasteiger partial charge in [-0.15, -0.1) is 0 Å². The van der Waals surface area contributed by atoms with Crippen molar-refractivity contribution in [2.24, 2.45) is 0 Å². The highest BCUT2D eigenvalue weighted by molar-refractivity contribution is 5.99. The van der Waals surface area contributed by atoms with E-state index in [1.165, 1.54) is 20.8 Å². The normalized spacial score (nSPS) is 17.0. The summed E-state index contributed by atoms with van der Waals surface area (Å²) in [5, 5.41) is 21.6. The number of hydrogen-bond acceptors (Lipinski definition) is 9. The highest BCUT2D eigenvalue weighted by Gasteiger charge is 2.37. The van der Waals surface area contributed by atoms with Crippen LogP contribution in [0.2, 0.25) is 0 Å². The summed E-state index contributed by atoms with van der Waals surface area (Å²) in [6.07, 6.45) is -0.692. The molecule has 2 saturated heterocycles. The van der Waals surface area contributed by atoms with E-state index in [0.29, 0.717) is 23.9 Å². The van der Waals surface area contributed by atoms with Gasteiger partial charge in [0.1, 0.15) is 23.5 Å². The molecule has 1 aromatic carbocycles. The number of hydrogen-bond donors (Lipinski definition) is 3. The first-order chi connectivity index (χ1) is 21.0. The number of carbonyl (C=O) groups is 6. The number of piperazine rings is 1. The number of nitrogens with zero attached hydrogens (tertiary/aromatic N) is 4. The number of carbonyl (C=O) groups excluding carboxylic acids is 4. The van der Waals surface area contributed by atoms with E-state index in [4.69, 9.17) is 9.47 Å². The lowest BCUT2D eigenvalue weighted by Crippen LogP contribution is -2.56. The number of ether oxygens (including phenoxy) is 2. The lowest BCUT2D eigenvalue weighted by atomic mass is 10.0. The third-order valence-electron chi connectivity index (χ3n) is 7.50. The fourth-order valence-corrected chi connectivity index (χ4v) is 5.01. The molecule has 2 unspecified atom stereocenters. The summed E-state index contributed by atoms with van der Waals surface area (Å²) in [6, 6.07) is 4.47. The van der Waals surface area contributed by atoms with Crippen molar-refractivity contribution in [1.82, 2.24) is 25.0 Å². The SMILES string of the molecule is CCOC(=O)N1CCN(C(=O)C(CCC(=O)O)NC(=O)c2cc(OCC(=O)N3CCC3C(=O)O)c3ccc(C)cc3n2)CC1. The largest absolute Gasteiger partial charge is 0.483 e. The van der Waals surface area contributed by atoms with E-state index in [1.807, 2.05) is 6.92 Å². The number of aryl methyl sites for hydroxylation is 1. The standard InChI is InChI=1S/C29H35N5O10/c1-3-43-29(42)33-12-10-32(11-13-33)27(39)19(6-7-25(36)37)31-26(38)21-15-23(18-5-4-17(2)14-20(18)30-21)44-16-24(35)34-9-8-22(34)28(40)41/h4-5,14-15,19,22H,3,6-13,16H2,1-2H3,(H,31,38)(H,36,37)(H,40,41). The van der Waals surface area contributed by atoms with Crippen molar-refractivity contribution < 1.29 is 48.5 Å². The van der Waals surface area contributed by atoms with Crippen molar-refractivity contribution >= 4 is 46.7 Å². The number of fused-ring (bicyclic) bond motifs is 1. The Bertz CT molecular complexity index is 1460. The number of pyridine rings is 1. The van der Waals surface area contributed by atoms with E-state index < -0.39 is 54.4 Å². The molecule has 2 fully saturated rings. The number of aliphatic carboxylic acids is 2. The summed E-state index contributed by atoms with van der Waals surface area (Å²) >= 11 is 0. The summed E-state index contributed by atoms with van der Waals surface area (Å²) in [5.74, 6) is -3.85. The van der Waals surface area contributed by atoms with Crippen LogP contribution in [0.5, 0.6) is 5.75 Å². The van der Waals surface area contributed by atoms with Crippen LogP contribution in [-0.4, -0.2) is 124 Å². The minimum Gasteiger partial charge on any atom is -0.483 e. The van der Waals surface area contributed by atoms with Crippen LogP contribution < -0.4 is 10.1 Å². The molecule has 1 aromatic heterocycles. The van der Waals surface area contributed by atoms with E-state index in [9.17, 15) is 39.0 Å². The summed E-state index contributed by atoms with van der Waals surface area (Å²) in [5.41, 5.74) is 1.10. The van der Waals surface area contributed by atoms with Crippen molar-refractivity contribution in [3.05, 3.63) is 35.5 Å². The Labute approximate surface area is 252 Å². The van der Waals surface area contributed by atoms with Gasteiger partial charge in [0.25, 0.3) is 11.8 Å². The molecule has 0 aliphatic carbocycles. The molecule has 0 bridgehead atoms. The Morgan fingerprint density at radius 2 is 1.73 bits per heavy atom. The third kappa shape index (κ3) is 7.51. The zero-order valence-corrected chi connectivity index (χ0v) is 24.5. The van der Waals surface area contributed by atoms with Crippen LogP contribution in [0.25, 0.3) is 10.9 Å². The molecule has 0 radical (unpaired) electrons. The van der Waals surface area contributed by atoms with Crippen LogP contribution in [0.4, 0.5) is 4.79 Å². The van der Waals surface area contributed by atoms with E-state index in [2.05, 4.69) is 10.3 Å². The zero-order valence-electron chi connectivity index (χ0n) is 24.5. The van der Waals surface area contributed by atoms with Gasteiger partial charge in [0, 0.05) is 50.6 Å². The Balaban J connectivity index is 1.51. The quantitative estimate of drug-likeness (QED) is 0.325. The van der Waals surface area contributed by atoms with Crippen LogP contribution in [-0.2, 0) is 23.9 Å². The number of amides is 4.